The Bertz CT molecular complexity index is 380. The van der Waals surface area contributed by atoms with Gasteiger partial charge in [0.2, 0.25) is 0 Å². The maximum absolute atomic E-state index is 10.5. The van der Waals surface area contributed by atoms with Crippen LogP contribution in [-0.4, -0.2) is 34.1 Å². The summed E-state index contributed by atoms with van der Waals surface area (Å²) in [6.07, 6.45) is 2.11. The standard InChI is InChI=1S/C10H14N2O3S/c13-7-8-2-1-5-11(8)6-9-3-4-10(16-9)12(14)15/h3-4,8,13H,1-2,5-7H2/t8-/m1/s1. The van der Waals surface area contributed by atoms with Crippen LogP contribution in [0.15, 0.2) is 12.1 Å². The molecule has 0 spiro atoms. The van der Waals surface area contributed by atoms with E-state index in [4.69, 9.17) is 5.11 Å². The van der Waals surface area contributed by atoms with Crippen LogP contribution in [0.2, 0.25) is 0 Å². The molecular weight excluding hydrogens is 228 g/mol. The average Bonchev–Trinajstić information content (AvgIpc) is 2.87. The maximum Gasteiger partial charge on any atom is 0.324 e. The first kappa shape index (κ1) is 11.5. The van der Waals surface area contributed by atoms with Gasteiger partial charge in [0.1, 0.15) is 0 Å². The summed E-state index contributed by atoms with van der Waals surface area (Å²) >= 11 is 1.22. The minimum Gasteiger partial charge on any atom is -0.395 e. The van der Waals surface area contributed by atoms with Crippen molar-refractivity contribution >= 4 is 16.3 Å². The highest BCUT2D eigenvalue weighted by atomic mass is 32.1. The Morgan fingerprint density at radius 1 is 1.62 bits per heavy atom. The maximum atomic E-state index is 10.5. The van der Waals surface area contributed by atoms with E-state index in [9.17, 15) is 10.1 Å². The van der Waals surface area contributed by atoms with Gasteiger partial charge in [-0.25, -0.2) is 0 Å². The molecule has 16 heavy (non-hydrogen) atoms. The molecule has 0 unspecified atom stereocenters. The minimum absolute atomic E-state index is 0.174. The summed E-state index contributed by atoms with van der Waals surface area (Å²) in [7, 11) is 0. The molecule has 0 aliphatic carbocycles. The molecule has 0 saturated carbocycles. The summed E-state index contributed by atoms with van der Waals surface area (Å²) in [5.41, 5.74) is 0. The second-order valence-electron chi connectivity index (χ2n) is 3.95. The van der Waals surface area contributed by atoms with E-state index >= 15 is 0 Å². The Labute approximate surface area is 97.5 Å². The first-order valence-electron chi connectivity index (χ1n) is 5.28. The topological polar surface area (TPSA) is 66.6 Å². The van der Waals surface area contributed by atoms with Gasteiger partial charge in [0.25, 0.3) is 0 Å². The Balaban J connectivity index is 2.00. The first-order valence-corrected chi connectivity index (χ1v) is 6.10. The van der Waals surface area contributed by atoms with Gasteiger partial charge < -0.3 is 5.11 Å². The molecule has 1 aliphatic rings. The predicted molar refractivity (Wildman–Crippen MR) is 61.5 cm³/mol. The van der Waals surface area contributed by atoms with Crippen molar-refractivity contribution in [2.75, 3.05) is 13.2 Å². The lowest BCUT2D eigenvalue weighted by atomic mass is 10.2. The smallest absolute Gasteiger partial charge is 0.324 e. The molecule has 5 nitrogen and oxygen atoms in total. The second kappa shape index (κ2) is 4.90. The Kier molecular flexibility index (Phi) is 3.52. The van der Waals surface area contributed by atoms with E-state index in [-0.39, 0.29) is 22.6 Å². The number of thiophene rings is 1. The molecule has 6 heteroatoms. The van der Waals surface area contributed by atoms with Gasteiger partial charge in [-0.05, 0) is 25.5 Å². The van der Waals surface area contributed by atoms with Gasteiger partial charge in [-0.15, -0.1) is 0 Å². The molecule has 0 bridgehead atoms. The highest BCUT2D eigenvalue weighted by molar-refractivity contribution is 7.15. The molecule has 1 fully saturated rings. The molecule has 1 aromatic heterocycles. The fourth-order valence-electron chi connectivity index (χ4n) is 2.06. The molecular formula is C10H14N2O3S. The van der Waals surface area contributed by atoms with Gasteiger partial charge in [-0.2, -0.15) is 0 Å². The number of nitro groups is 1. The van der Waals surface area contributed by atoms with Crippen LogP contribution >= 0.6 is 11.3 Å². The van der Waals surface area contributed by atoms with Gasteiger partial charge >= 0.3 is 5.00 Å². The summed E-state index contributed by atoms with van der Waals surface area (Å²) in [5.74, 6) is 0. The van der Waals surface area contributed by atoms with Crippen molar-refractivity contribution in [3.63, 3.8) is 0 Å². The second-order valence-corrected chi connectivity index (χ2v) is 5.09. The van der Waals surface area contributed by atoms with Crippen LogP contribution in [-0.2, 0) is 6.54 Å². The highest BCUT2D eigenvalue weighted by Crippen LogP contribution is 2.27. The summed E-state index contributed by atoms with van der Waals surface area (Å²) in [4.78, 5) is 13.4. The van der Waals surface area contributed by atoms with Crippen molar-refractivity contribution in [1.29, 1.82) is 0 Å². The van der Waals surface area contributed by atoms with Gasteiger partial charge in [0, 0.05) is 23.5 Å². The van der Waals surface area contributed by atoms with Crippen molar-refractivity contribution in [3.8, 4) is 0 Å². The zero-order chi connectivity index (χ0) is 11.5. The molecule has 1 atom stereocenters. The fraction of sp³-hybridized carbons (Fsp3) is 0.600. The Morgan fingerprint density at radius 2 is 2.44 bits per heavy atom. The molecule has 1 N–H and O–H groups in total. The molecule has 0 aromatic carbocycles. The summed E-state index contributed by atoms with van der Waals surface area (Å²) in [5, 5.41) is 19.9. The average molecular weight is 242 g/mol. The van der Waals surface area contributed by atoms with E-state index in [2.05, 4.69) is 4.90 Å². The number of aliphatic hydroxyl groups is 1. The number of hydrogen-bond acceptors (Lipinski definition) is 5. The van der Waals surface area contributed by atoms with Crippen molar-refractivity contribution < 1.29 is 10.0 Å². The highest BCUT2D eigenvalue weighted by Gasteiger charge is 2.24. The van der Waals surface area contributed by atoms with Crippen molar-refractivity contribution in [3.05, 3.63) is 27.1 Å². The zero-order valence-electron chi connectivity index (χ0n) is 8.83. The number of nitrogens with zero attached hydrogens (tertiary/aromatic N) is 2. The van der Waals surface area contributed by atoms with Crippen LogP contribution in [0.25, 0.3) is 0 Å². The normalized spacial score (nSPS) is 21.4. The van der Waals surface area contributed by atoms with E-state index in [1.165, 1.54) is 11.3 Å². The zero-order valence-corrected chi connectivity index (χ0v) is 9.65. The Morgan fingerprint density at radius 3 is 3.06 bits per heavy atom. The van der Waals surface area contributed by atoms with Crippen LogP contribution in [0.5, 0.6) is 0 Å². The molecule has 0 amide bonds. The molecule has 2 rings (SSSR count). The summed E-state index contributed by atoms with van der Waals surface area (Å²) < 4.78 is 0. The minimum atomic E-state index is -0.359. The molecule has 0 radical (unpaired) electrons. The third kappa shape index (κ3) is 2.40. The lowest BCUT2D eigenvalue weighted by Crippen LogP contribution is -2.31. The molecule has 1 aliphatic heterocycles. The number of hydrogen-bond donors (Lipinski definition) is 1. The van der Waals surface area contributed by atoms with Crippen LogP contribution in [0.1, 0.15) is 17.7 Å². The van der Waals surface area contributed by atoms with Crippen LogP contribution in [0, 0.1) is 10.1 Å². The van der Waals surface area contributed by atoms with Crippen LogP contribution in [0.3, 0.4) is 0 Å². The predicted octanol–water partition coefficient (Wildman–Crippen LogP) is 1.61. The van der Waals surface area contributed by atoms with Gasteiger partial charge in [0.05, 0.1) is 11.5 Å². The van der Waals surface area contributed by atoms with Gasteiger partial charge in [-0.3, -0.25) is 15.0 Å². The van der Waals surface area contributed by atoms with Crippen molar-refractivity contribution in [1.82, 2.24) is 4.90 Å². The van der Waals surface area contributed by atoms with E-state index in [1.807, 2.05) is 0 Å². The van der Waals surface area contributed by atoms with E-state index in [1.54, 1.807) is 12.1 Å². The number of rotatable bonds is 4. The van der Waals surface area contributed by atoms with Crippen molar-refractivity contribution in [2.24, 2.45) is 0 Å². The van der Waals surface area contributed by atoms with Gasteiger partial charge in [-0.1, -0.05) is 11.3 Å². The monoisotopic (exact) mass is 242 g/mol. The van der Waals surface area contributed by atoms with E-state index in [0.29, 0.717) is 6.54 Å². The third-order valence-corrected chi connectivity index (χ3v) is 3.92. The molecule has 88 valence electrons. The molecule has 1 aromatic rings. The largest absolute Gasteiger partial charge is 0.395 e. The fourth-order valence-corrected chi connectivity index (χ4v) is 2.91. The lowest BCUT2D eigenvalue weighted by Gasteiger charge is -2.21. The molecule has 1 saturated heterocycles. The first-order chi connectivity index (χ1) is 7.70. The lowest BCUT2D eigenvalue weighted by molar-refractivity contribution is -0.380. The van der Waals surface area contributed by atoms with Crippen LogP contribution in [0.4, 0.5) is 5.00 Å². The molecule has 2 heterocycles. The Hall–Kier alpha value is -0.980. The summed E-state index contributed by atoms with van der Waals surface area (Å²) in [6, 6.07) is 3.57. The van der Waals surface area contributed by atoms with Crippen molar-refractivity contribution in [2.45, 2.75) is 25.4 Å². The number of aliphatic hydroxyl groups excluding tert-OH is 1. The quantitative estimate of drug-likeness (QED) is 0.643. The van der Waals surface area contributed by atoms with E-state index in [0.717, 1.165) is 24.3 Å². The van der Waals surface area contributed by atoms with Gasteiger partial charge in [0.15, 0.2) is 0 Å². The van der Waals surface area contributed by atoms with Crippen LogP contribution < -0.4 is 0 Å². The SMILES string of the molecule is O=[N+]([O-])c1ccc(CN2CCC[C@@H]2CO)s1. The summed E-state index contributed by atoms with van der Waals surface area (Å²) in [6.45, 7) is 1.86. The number of likely N-dealkylation sites (tertiary alicyclic amines) is 1. The third-order valence-electron chi connectivity index (χ3n) is 2.90. The van der Waals surface area contributed by atoms with E-state index < -0.39 is 0 Å².